The number of hydrogen-bond acceptors (Lipinski definition) is 3. The summed E-state index contributed by atoms with van der Waals surface area (Å²) in [6.45, 7) is 4.40. The lowest BCUT2D eigenvalue weighted by molar-refractivity contribution is -0.148. The van der Waals surface area contributed by atoms with Gasteiger partial charge in [-0.25, -0.2) is 9.59 Å². The first kappa shape index (κ1) is 15.5. The quantitative estimate of drug-likeness (QED) is 0.820. The van der Waals surface area contributed by atoms with E-state index in [0.29, 0.717) is 6.54 Å². The van der Waals surface area contributed by atoms with E-state index in [1.54, 1.807) is 0 Å². The van der Waals surface area contributed by atoms with Gasteiger partial charge in [-0.2, -0.15) is 11.8 Å². The van der Waals surface area contributed by atoms with Gasteiger partial charge in [0.2, 0.25) is 0 Å². The largest absolute Gasteiger partial charge is 0.480 e. The Morgan fingerprint density at radius 1 is 1.35 bits per heavy atom. The zero-order chi connectivity index (χ0) is 14.8. The van der Waals surface area contributed by atoms with Crippen LogP contribution >= 0.6 is 11.8 Å². The number of urea groups is 1. The fraction of sp³-hybridized carbons (Fsp3) is 0.857. The Kier molecular flexibility index (Phi) is 4.83. The van der Waals surface area contributed by atoms with E-state index in [-0.39, 0.29) is 17.5 Å². The molecule has 0 aromatic rings. The number of carboxylic acid groups (broad SMARTS) is 1. The summed E-state index contributed by atoms with van der Waals surface area (Å²) in [6, 6.07) is -0.758. The summed E-state index contributed by atoms with van der Waals surface area (Å²) in [4.78, 5) is 25.5. The Balaban J connectivity index is 2.04. The molecular formula is C14H24N2O3S. The Labute approximate surface area is 124 Å². The molecule has 2 unspecified atom stereocenters. The van der Waals surface area contributed by atoms with Crippen LogP contribution < -0.4 is 5.32 Å². The van der Waals surface area contributed by atoms with Crippen LogP contribution in [-0.4, -0.2) is 52.1 Å². The average Bonchev–Trinajstić information content (AvgIpc) is 2.37. The van der Waals surface area contributed by atoms with Crippen molar-refractivity contribution >= 4 is 23.8 Å². The molecule has 2 heterocycles. The zero-order valence-corrected chi connectivity index (χ0v) is 13.0. The van der Waals surface area contributed by atoms with E-state index in [1.807, 2.05) is 25.6 Å². The number of nitrogens with zero attached hydrogens (tertiary/aromatic N) is 1. The highest BCUT2D eigenvalue weighted by molar-refractivity contribution is 7.99. The molecule has 0 aromatic carbocycles. The molecule has 2 atom stereocenters. The molecule has 2 rings (SSSR count). The number of piperidine rings is 1. The molecular weight excluding hydrogens is 276 g/mol. The van der Waals surface area contributed by atoms with Crippen molar-refractivity contribution in [1.82, 2.24) is 10.2 Å². The first-order chi connectivity index (χ1) is 9.42. The molecule has 0 aromatic heterocycles. The SMILES string of the molecule is CC1(C)CCCN(C(=O)NC2CCCSC2)C1C(=O)O. The molecule has 5 nitrogen and oxygen atoms in total. The van der Waals surface area contributed by atoms with Crippen LogP contribution in [0.4, 0.5) is 4.79 Å². The second-order valence-corrected chi connectivity index (χ2v) is 7.54. The second-order valence-electron chi connectivity index (χ2n) is 6.39. The number of thioether (sulfide) groups is 1. The average molecular weight is 300 g/mol. The predicted molar refractivity (Wildman–Crippen MR) is 80.0 cm³/mol. The standard InChI is InChI=1S/C14H24N2O3S/c1-14(2)6-4-7-16(11(14)12(17)18)13(19)15-10-5-3-8-20-9-10/h10-11H,3-9H2,1-2H3,(H,15,19)(H,17,18). The summed E-state index contributed by atoms with van der Waals surface area (Å²) in [5, 5.41) is 12.5. The maximum Gasteiger partial charge on any atom is 0.327 e. The third-order valence-electron chi connectivity index (χ3n) is 4.25. The van der Waals surface area contributed by atoms with Gasteiger partial charge in [0.15, 0.2) is 0 Å². The van der Waals surface area contributed by atoms with Crippen molar-refractivity contribution in [3.63, 3.8) is 0 Å². The van der Waals surface area contributed by atoms with Crippen LogP contribution in [0.15, 0.2) is 0 Å². The first-order valence-corrected chi connectivity index (χ1v) is 8.45. The van der Waals surface area contributed by atoms with E-state index in [9.17, 15) is 14.7 Å². The molecule has 2 N–H and O–H groups in total. The van der Waals surface area contributed by atoms with Gasteiger partial charge in [-0.1, -0.05) is 13.8 Å². The third kappa shape index (κ3) is 3.40. The number of hydrogen-bond donors (Lipinski definition) is 2. The summed E-state index contributed by atoms with van der Waals surface area (Å²) in [6.07, 6.45) is 3.81. The number of aliphatic carboxylic acids is 1. The number of carbonyl (C=O) groups is 2. The number of carbonyl (C=O) groups excluding carboxylic acids is 1. The lowest BCUT2D eigenvalue weighted by Crippen LogP contribution is -2.60. The van der Waals surface area contributed by atoms with Crippen LogP contribution in [0.1, 0.15) is 39.5 Å². The van der Waals surface area contributed by atoms with E-state index in [2.05, 4.69) is 5.32 Å². The van der Waals surface area contributed by atoms with Crippen LogP contribution in [-0.2, 0) is 4.79 Å². The van der Waals surface area contributed by atoms with E-state index < -0.39 is 12.0 Å². The number of rotatable bonds is 2. The van der Waals surface area contributed by atoms with Crippen LogP contribution in [0.2, 0.25) is 0 Å². The highest BCUT2D eigenvalue weighted by Crippen LogP contribution is 2.35. The van der Waals surface area contributed by atoms with E-state index >= 15 is 0 Å². The molecule has 2 saturated heterocycles. The maximum atomic E-state index is 12.4. The summed E-state index contributed by atoms with van der Waals surface area (Å²) in [5.41, 5.74) is -0.372. The lowest BCUT2D eigenvalue weighted by atomic mass is 9.76. The minimum atomic E-state index is -0.900. The van der Waals surface area contributed by atoms with Gasteiger partial charge >= 0.3 is 12.0 Å². The molecule has 2 aliphatic heterocycles. The van der Waals surface area contributed by atoms with Crippen LogP contribution in [0.25, 0.3) is 0 Å². The Morgan fingerprint density at radius 2 is 2.10 bits per heavy atom. The normalized spacial score (nSPS) is 29.8. The van der Waals surface area contributed by atoms with Crippen molar-refractivity contribution in [1.29, 1.82) is 0 Å². The molecule has 0 spiro atoms. The van der Waals surface area contributed by atoms with Gasteiger partial charge in [0.1, 0.15) is 6.04 Å². The van der Waals surface area contributed by atoms with Gasteiger partial charge in [0.05, 0.1) is 0 Å². The van der Waals surface area contributed by atoms with Gasteiger partial charge in [-0.05, 0) is 36.9 Å². The summed E-state index contributed by atoms with van der Waals surface area (Å²) in [5.74, 6) is 1.18. The molecule has 0 radical (unpaired) electrons. The van der Waals surface area contributed by atoms with Crippen LogP contribution in [0, 0.1) is 5.41 Å². The minimum absolute atomic E-state index is 0.181. The second kappa shape index (κ2) is 6.24. The first-order valence-electron chi connectivity index (χ1n) is 7.29. The van der Waals surface area contributed by atoms with E-state index in [0.717, 1.165) is 37.2 Å². The number of nitrogens with one attached hydrogen (secondary N) is 1. The van der Waals surface area contributed by atoms with Crippen LogP contribution in [0.3, 0.4) is 0 Å². The molecule has 114 valence electrons. The van der Waals surface area contributed by atoms with Crippen molar-refractivity contribution in [3.05, 3.63) is 0 Å². The number of likely N-dealkylation sites (tertiary alicyclic amines) is 1. The molecule has 0 aliphatic carbocycles. The van der Waals surface area contributed by atoms with Gasteiger partial charge in [-0.15, -0.1) is 0 Å². The van der Waals surface area contributed by atoms with Gasteiger partial charge < -0.3 is 15.3 Å². The zero-order valence-electron chi connectivity index (χ0n) is 12.2. The molecule has 0 bridgehead atoms. The topological polar surface area (TPSA) is 69.6 Å². The summed E-state index contributed by atoms with van der Waals surface area (Å²) >= 11 is 1.85. The fourth-order valence-electron chi connectivity index (χ4n) is 3.19. The maximum absolute atomic E-state index is 12.4. The monoisotopic (exact) mass is 300 g/mol. The van der Waals surface area contributed by atoms with Crippen LogP contribution in [0.5, 0.6) is 0 Å². The molecule has 2 fully saturated rings. The Bertz CT molecular complexity index is 381. The molecule has 2 amide bonds. The Morgan fingerprint density at radius 3 is 2.70 bits per heavy atom. The fourth-order valence-corrected chi connectivity index (χ4v) is 4.26. The number of amides is 2. The third-order valence-corrected chi connectivity index (χ3v) is 5.47. The predicted octanol–water partition coefficient (Wildman–Crippen LogP) is 2.17. The summed E-state index contributed by atoms with van der Waals surface area (Å²) < 4.78 is 0. The number of carboxylic acids is 1. The van der Waals surface area contributed by atoms with Crippen molar-refractivity contribution in [3.8, 4) is 0 Å². The van der Waals surface area contributed by atoms with Gasteiger partial charge in [-0.3, -0.25) is 0 Å². The molecule has 20 heavy (non-hydrogen) atoms. The highest BCUT2D eigenvalue weighted by Gasteiger charge is 2.44. The molecule has 0 saturated carbocycles. The summed E-state index contributed by atoms with van der Waals surface area (Å²) in [7, 11) is 0. The van der Waals surface area contributed by atoms with Gasteiger partial charge in [0.25, 0.3) is 0 Å². The smallest absolute Gasteiger partial charge is 0.327 e. The molecule has 6 heteroatoms. The molecule has 2 aliphatic rings. The van der Waals surface area contributed by atoms with Crippen molar-refractivity contribution in [2.75, 3.05) is 18.1 Å². The highest BCUT2D eigenvalue weighted by atomic mass is 32.2. The van der Waals surface area contributed by atoms with E-state index in [1.165, 1.54) is 4.90 Å². The van der Waals surface area contributed by atoms with Crippen molar-refractivity contribution < 1.29 is 14.7 Å². The lowest BCUT2D eigenvalue weighted by Gasteiger charge is -2.44. The minimum Gasteiger partial charge on any atom is -0.480 e. The van der Waals surface area contributed by atoms with Crippen molar-refractivity contribution in [2.45, 2.75) is 51.6 Å². The van der Waals surface area contributed by atoms with E-state index in [4.69, 9.17) is 0 Å². The van der Waals surface area contributed by atoms with Crippen molar-refractivity contribution in [2.24, 2.45) is 5.41 Å². The van der Waals surface area contributed by atoms with Gasteiger partial charge in [0, 0.05) is 18.3 Å². The Hall–Kier alpha value is -0.910.